The SMILES string of the molecule is COc1ccc(C#CCNC(=O)c2cccc(Br)c2)cc1. The van der Waals surface area contributed by atoms with Crippen LogP contribution in [0.25, 0.3) is 0 Å². The molecular weight excluding hydrogens is 330 g/mol. The first kappa shape index (κ1) is 15.1. The summed E-state index contributed by atoms with van der Waals surface area (Å²) in [5.74, 6) is 6.56. The lowest BCUT2D eigenvalue weighted by Gasteiger charge is -2.01. The molecule has 0 aromatic heterocycles. The monoisotopic (exact) mass is 343 g/mol. The average molecular weight is 344 g/mol. The van der Waals surface area contributed by atoms with Crippen LogP contribution in [-0.4, -0.2) is 19.6 Å². The molecule has 2 aromatic rings. The largest absolute Gasteiger partial charge is 0.497 e. The second-order valence-corrected chi connectivity index (χ2v) is 5.14. The number of benzene rings is 2. The van der Waals surface area contributed by atoms with Gasteiger partial charge in [0.1, 0.15) is 5.75 Å². The number of carbonyl (C=O) groups is 1. The molecule has 1 N–H and O–H groups in total. The number of nitrogens with one attached hydrogen (secondary N) is 1. The van der Waals surface area contributed by atoms with Crippen molar-refractivity contribution in [1.29, 1.82) is 0 Å². The summed E-state index contributed by atoms with van der Waals surface area (Å²) in [6, 6.07) is 14.7. The van der Waals surface area contributed by atoms with Gasteiger partial charge >= 0.3 is 0 Å². The fourth-order valence-electron chi connectivity index (χ4n) is 1.68. The van der Waals surface area contributed by atoms with Crippen molar-refractivity contribution in [3.8, 4) is 17.6 Å². The van der Waals surface area contributed by atoms with Crippen molar-refractivity contribution in [2.75, 3.05) is 13.7 Å². The summed E-state index contributed by atoms with van der Waals surface area (Å²) in [5, 5.41) is 2.76. The van der Waals surface area contributed by atoms with Gasteiger partial charge in [-0.05, 0) is 42.5 Å². The van der Waals surface area contributed by atoms with Gasteiger partial charge in [-0.15, -0.1) is 0 Å². The number of rotatable bonds is 3. The van der Waals surface area contributed by atoms with Crippen molar-refractivity contribution >= 4 is 21.8 Å². The molecule has 2 rings (SSSR count). The predicted molar refractivity (Wildman–Crippen MR) is 86.3 cm³/mol. The Morgan fingerprint density at radius 3 is 2.67 bits per heavy atom. The molecule has 0 unspecified atom stereocenters. The highest BCUT2D eigenvalue weighted by Gasteiger charge is 2.03. The van der Waals surface area contributed by atoms with Gasteiger partial charge in [0.05, 0.1) is 13.7 Å². The maximum absolute atomic E-state index is 11.9. The predicted octanol–water partition coefficient (Wildman–Crippen LogP) is 3.24. The molecule has 1 amide bonds. The fraction of sp³-hybridized carbons (Fsp3) is 0.118. The third-order valence-corrected chi connectivity index (χ3v) is 3.24. The average Bonchev–Trinajstić information content (AvgIpc) is 2.52. The molecule has 0 saturated heterocycles. The Morgan fingerprint density at radius 2 is 2.00 bits per heavy atom. The molecule has 21 heavy (non-hydrogen) atoms. The molecule has 0 aliphatic carbocycles. The van der Waals surface area contributed by atoms with E-state index in [0.29, 0.717) is 12.1 Å². The van der Waals surface area contributed by atoms with E-state index in [1.807, 2.05) is 36.4 Å². The molecule has 0 atom stereocenters. The van der Waals surface area contributed by atoms with Crippen molar-refractivity contribution in [2.45, 2.75) is 0 Å². The van der Waals surface area contributed by atoms with Crippen LogP contribution >= 0.6 is 15.9 Å². The highest BCUT2D eigenvalue weighted by Crippen LogP contribution is 2.11. The van der Waals surface area contributed by atoms with Gasteiger partial charge in [0.25, 0.3) is 5.91 Å². The highest BCUT2D eigenvalue weighted by molar-refractivity contribution is 9.10. The number of hydrogen-bond donors (Lipinski definition) is 1. The molecule has 3 nitrogen and oxygen atoms in total. The molecule has 0 radical (unpaired) electrons. The summed E-state index contributed by atoms with van der Waals surface area (Å²) in [4.78, 5) is 11.9. The zero-order valence-electron chi connectivity index (χ0n) is 11.5. The second-order valence-electron chi connectivity index (χ2n) is 4.22. The molecule has 106 valence electrons. The van der Waals surface area contributed by atoms with Gasteiger partial charge < -0.3 is 10.1 Å². The Labute approximate surface area is 132 Å². The smallest absolute Gasteiger partial charge is 0.252 e. The Balaban J connectivity index is 1.89. The molecule has 0 aliphatic heterocycles. The summed E-state index contributed by atoms with van der Waals surface area (Å²) in [6.07, 6.45) is 0. The normalized spacial score (nSPS) is 9.43. The standard InChI is InChI=1S/C17H14BrNO2/c1-21-16-9-7-13(8-10-16)4-3-11-19-17(20)14-5-2-6-15(18)12-14/h2,5-10,12H,11H2,1H3,(H,19,20). The number of amides is 1. The molecule has 4 heteroatoms. The van der Waals surface area contributed by atoms with Gasteiger partial charge in [0.2, 0.25) is 0 Å². The van der Waals surface area contributed by atoms with Crippen molar-refractivity contribution in [1.82, 2.24) is 5.32 Å². The molecular formula is C17H14BrNO2. The van der Waals surface area contributed by atoms with Crippen molar-refractivity contribution in [3.05, 3.63) is 64.1 Å². The van der Waals surface area contributed by atoms with E-state index in [4.69, 9.17) is 4.74 Å². The van der Waals surface area contributed by atoms with E-state index in [-0.39, 0.29) is 5.91 Å². The minimum atomic E-state index is -0.139. The minimum absolute atomic E-state index is 0.139. The van der Waals surface area contributed by atoms with Gasteiger partial charge in [0.15, 0.2) is 0 Å². The first-order chi connectivity index (χ1) is 10.2. The van der Waals surface area contributed by atoms with Crippen LogP contribution in [0.1, 0.15) is 15.9 Å². The second kappa shape index (κ2) is 7.51. The van der Waals surface area contributed by atoms with Crippen molar-refractivity contribution in [3.63, 3.8) is 0 Å². The van der Waals surface area contributed by atoms with E-state index < -0.39 is 0 Å². The molecule has 0 fully saturated rings. The quantitative estimate of drug-likeness (QED) is 0.869. The maximum Gasteiger partial charge on any atom is 0.252 e. The molecule has 0 aliphatic rings. The fourth-order valence-corrected chi connectivity index (χ4v) is 2.08. The molecule has 0 spiro atoms. The minimum Gasteiger partial charge on any atom is -0.497 e. The van der Waals surface area contributed by atoms with Crippen LogP contribution in [-0.2, 0) is 0 Å². The summed E-state index contributed by atoms with van der Waals surface area (Å²) >= 11 is 3.34. The van der Waals surface area contributed by atoms with Gasteiger partial charge in [-0.25, -0.2) is 0 Å². The van der Waals surface area contributed by atoms with E-state index in [1.165, 1.54) is 0 Å². The van der Waals surface area contributed by atoms with E-state index in [2.05, 4.69) is 33.1 Å². The molecule has 0 heterocycles. The van der Waals surface area contributed by atoms with Crippen molar-refractivity contribution in [2.24, 2.45) is 0 Å². The van der Waals surface area contributed by atoms with Crippen LogP contribution in [0.4, 0.5) is 0 Å². The summed E-state index contributed by atoms with van der Waals surface area (Å²) in [7, 11) is 1.62. The number of ether oxygens (including phenoxy) is 1. The summed E-state index contributed by atoms with van der Waals surface area (Å²) in [6.45, 7) is 0.303. The Bertz CT molecular complexity index is 684. The zero-order valence-corrected chi connectivity index (χ0v) is 13.1. The Morgan fingerprint density at radius 1 is 1.24 bits per heavy atom. The van der Waals surface area contributed by atoms with Gasteiger partial charge in [-0.1, -0.05) is 33.8 Å². The number of carbonyl (C=O) groups excluding carboxylic acids is 1. The third-order valence-electron chi connectivity index (χ3n) is 2.75. The van der Waals surface area contributed by atoms with Crippen LogP contribution in [0.15, 0.2) is 53.0 Å². The maximum atomic E-state index is 11.9. The van der Waals surface area contributed by atoms with Crippen LogP contribution in [0.5, 0.6) is 5.75 Å². The lowest BCUT2D eigenvalue weighted by molar-refractivity contribution is 0.0958. The van der Waals surface area contributed by atoms with Gasteiger partial charge in [0, 0.05) is 15.6 Å². The lowest BCUT2D eigenvalue weighted by Crippen LogP contribution is -2.23. The van der Waals surface area contributed by atoms with E-state index in [0.717, 1.165) is 15.8 Å². The van der Waals surface area contributed by atoms with Crippen LogP contribution in [0.3, 0.4) is 0 Å². The highest BCUT2D eigenvalue weighted by atomic mass is 79.9. The number of methoxy groups -OCH3 is 1. The van der Waals surface area contributed by atoms with Crippen LogP contribution < -0.4 is 10.1 Å². The van der Waals surface area contributed by atoms with E-state index >= 15 is 0 Å². The lowest BCUT2D eigenvalue weighted by atomic mass is 10.2. The van der Waals surface area contributed by atoms with Gasteiger partial charge in [-0.3, -0.25) is 4.79 Å². The van der Waals surface area contributed by atoms with Gasteiger partial charge in [-0.2, -0.15) is 0 Å². The first-order valence-electron chi connectivity index (χ1n) is 6.36. The summed E-state index contributed by atoms with van der Waals surface area (Å²) < 4.78 is 5.95. The number of halogens is 1. The van der Waals surface area contributed by atoms with Crippen LogP contribution in [0, 0.1) is 11.8 Å². The molecule has 2 aromatic carbocycles. The third kappa shape index (κ3) is 4.66. The summed E-state index contributed by atoms with van der Waals surface area (Å²) in [5.41, 5.74) is 1.49. The van der Waals surface area contributed by atoms with Crippen molar-refractivity contribution < 1.29 is 9.53 Å². The topological polar surface area (TPSA) is 38.3 Å². The van der Waals surface area contributed by atoms with E-state index in [9.17, 15) is 4.79 Å². The number of hydrogen-bond acceptors (Lipinski definition) is 2. The molecule has 0 bridgehead atoms. The Hall–Kier alpha value is -2.25. The molecule has 0 saturated carbocycles. The van der Waals surface area contributed by atoms with E-state index in [1.54, 1.807) is 19.2 Å². The van der Waals surface area contributed by atoms with Crippen LogP contribution in [0.2, 0.25) is 0 Å². The zero-order chi connectivity index (χ0) is 15.1. The first-order valence-corrected chi connectivity index (χ1v) is 7.15. The Kier molecular flexibility index (Phi) is 5.42.